The predicted molar refractivity (Wildman–Crippen MR) is 105 cm³/mol. The number of hydrogen-bond donors (Lipinski definition) is 2. The van der Waals surface area contributed by atoms with Crippen LogP contribution in [0.5, 0.6) is 5.75 Å². The lowest BCUT2D eigenvalue weighted by atomic mass is 9.99. The molecule has 1 saturated heterocycles. The Morgan fingerprint density at radius 2 is 1.84 bits per heavy atom. The third-order valence-electron chi connectivity index (χ3n) is 5.20. The Bertz CT molecular complexity index is 1180. The number of methoxy groups -OCH3 is 1. The average molecular weight is 443 g/mol. The largest absolute Gasteiger partial charge is 0.497 e. The molecule has 7 nitrogen and oxygen atoms in total. The van der Waals surface area contributed by atoms with E-state index in [9.17, 15) is 27.6 Å². The molecular weight excluding hydrogens is 427 g/mol. The molecule has 2 aliphatic heterocycles. The van der Waals surface area contributed by atoms with Gasteiger partial charge < -0.3 is 15.0 Å². The van der Waals surface area contributed by atoms with Crippen molar-refractivity contribution < 1.29 is 32.3 Å². The summed E-state index contributed by atoms with van der Waals surface area (Å²) in [6.45, 7) is -0.0426. The molecule has 2 heterocycles. The van der Waals surface area contributed by atoms with Gasteiger partial charge in [0, 0.05) is 17.7 Å². The van der Waals surface area contributed by atoms with Gasteiger partial charge in [0.25, 0.3) is 11.8 Å². The van der Waals surface area contributed by atoms with Crippen molar-refractivity contribution in [2.75, 3.05) is 13.7 Å². The van der Waals surface area contributed by atoms with E-state index in [-0.39, 0.29) is 24.6 Å². The van der Waals surface area contributed by atoms with Crippen LogP contribution in [0.4, 0.5) is 18.0 Å². The molecule has 0 aromatic heterocycles. The molecule has 2 N–H and O–H groups in total. The molecule has 0 saturated carbocycles. The van der Waals surface area contributed by atoms with Crippen molar-refractivity contribution in [3.05, 3.63) is 64.7 Å². The number of carbonyl (C=O) groups is 3. The smallest absolute Gasteiger partial charge is 0.416 e. The zero-order valence-electron chi connectivity index (χ0n) is 16.7. The van der Waals surface area contributed by atoms with Gasteiger partial charge >= 0.3 is 12.2 Å². The first-order valence-corrected chi connectivity index (χ1v) is 9.41. The Labute approximate surface area is 180 Å². The highest BCUT2D eigenvalue weighted by molar-refractivity contribution is 6.10. The van der Waals surface area contributed by atoms with Gasteiger partial charge in [-0.2, -0.15) is 13.2 Å². The minimum Gasteiger partial charge on any atom is -0.497 e. The van der Waals surface area contributed by atoms with E-state index in [4.69, 9.17) is 4.74 Å². The highest BCUT2D eigenvalue weighted by Crippen LogP contribution is 2.30. The van der Waals surface area contributed by atoms with Crippen LogP contribution < -0.4 is 15.4 Å². The van der Waals surface area contributed by atoms with Crippen LogP contribution in [-0.4, -0.2) is 41.9 Å². The van der Waals surface area contributed by atoms with Crippen LogP contribution in [0.15, 0.2) is 42.5 Å². The maximum atomic E-state index is 12.9. The Hall–Kier alpha value is -4.00. The third-order valence-corrected chi connectivity index (χ3v) is 5.20. The maximum Gasteiger partial charge on any atom is 0.416 e. The fraction of sp³-hybridized carbons (Fsp3) is 0.227. The Kier molecular flexibility index (Phi) is 5.05. The molecule has 0 unspecified atom stereocenters. The van der Waals surface area contributed by atoms with Crippen molar-refractivity contribution >= 4 is 17.8 Å². The number of rotatable bonds is 3. The number of carbonyl (C=O) groups excluding carboxylic acids is 3. The number of nitrogens with zero attached hydrogens (tertiary/aromatic N) is 1. The Morgan fingerprint density at radius 1 is 1.12 bits per heavy atom. The first kappa shape index (κ1) is 21.2. The topological polar surface area (TPSA) is 87.7 Å². The minimum atomic E-state index is -4.49. The Morgan fingerprint density at radius 3 is 2.44 bits per heavy atom. The normalized spacial score (nSPS) is 19.8. The quantitative estimate of drug-likeness (QED) is 0.563. The predicted octanol–water partition coefficient (Wildman–Crippen LogP) is 2.30. The van der Waals surface area contributed by atoms with E-state index in [1.54, 1.807) is 18.2 Å². The van der Waals surface area contributed by atoms with Gasteiger partial charge in [0.05, 0.1) is 19.2 Å². The molecule has 32 heavy (non-hydrogen) atoms. The molecule has 2 aliphatic rings. The lowest BCUT2D eigenvalue weighted by molar-refractivity contribution is -0.137. The molecule has 2 aromatic carbocycles. The summed E-state index contributed by atoms with van der Waals surface area (Å²) < 4.78 is 43.4. The van der Waals surface area contributed by atoms with Crippen LogP contribution >= 0.6 is 0 Å². The van der Waals surface area contributed by atoms with Crippen LogP contribution in [0, 0.1) is 11.8 Å². The first-order chi connectivity index (χ1) is 15.1. The van der Waals surface area contributed by atoms with Gasteiger partial charge in [0.2, 0.25) is 5.54 Å². The fourth-order valence-electron chi connectivity index (χ4n) is 3.53. The van der Waals surface area contributed by atoms with Crippen molar-refractivity contribution in [2.24, 2.45) is 0 Å². The second-order valence-corrected chi connectivity index (χ2v) is 7.32. The number of benzene rings is 2. The summed E-state index contributed by atoms with van der Waals surface area (Å²) in [5.41, 5.74) is -1.22. The second kappa shape index (κ2) is 7.60. The molecule has 0 aliphatic carbocycles. The van der Waals surface area contributed by atoms with Gasteiger partial charge in [-0.3, -0.25) is 14.9 Å². The van der Waals surface area contributed by atoms with Gasteiger partial charge in [0.1, 0.15) is 5.75 Å². The molecule has 4 rings (SSSR count). The molecule has 164 valence electrons. The molecule has 0 spiro atoms. The SMILES string of the molecule is COc1ccc2c(c1)C(=O)N(C[C@@]1(C#Cc3ccc(C(F)(F)F)cc3)NC(=O)NC1=O)C2. The van der Waals surface area contributed by atoms with Gasteiger partial charge in [-0.05, 0) is 42.0 Å². The standard InChI is InChI=1S/C22H16F3N3O4/c1-32-16-7-4-14-11-28(18(29)17(14)10-16)12-21(19(30)26-20(31)27-21)9-8-13-2-5-15(6-3-13)22(23,24)25/h2-7,10H,11-12H2,1H3,(H2,26,27,30,31)/t21-/m1/s1. The monoisotopic (exact) mass is 443 g/mol. The van der Waals surface area contributed by atoms with E-state index in [2.05, 4.69) is 22.5 Å². The number of amides is 4. The van der Waals surface area contributed by atoms with Gasteiger partial charge in [0.15, 0.2) is 0 Å². The second-order valence-electron chi connectivity index (χ2n) is 7.32. The Balaban J connectivity index is 1.62. The lowest BCUT2D eigenvalue weighted by Crippen LogP contribution is -2.54. The summed E-state index contributed by atoms with van der Waals surface area (Å²) >= 11 is 0. The minimum absolute atomic E-state index is 0.199. The molecular formula is C22H16F3N3O4. The third kappa shape index (κ3) is 3.85. The number of nitrogens with one attached hydrogen (secondary N) is 2. The summed E-state index contributed by atoms with van der Waals surface area (Å²) in [6.07, 6.45) is -4.49. The average Bonchev–Trinajstić information content (AvgIpc) is 3.21. The van der Waals surface area contributed by atoms with Crippen molar-refractivity contribution in [3.63, 3.8) is 0 Å². The van der Waals surface area contributed by atoms with Crippen molar-refractivity contribution in [1.29, 1.82) is 0 Å². The van der Waals surface area contributed by atoms with Crippen LogP contribution in [-0.2, 0) is 17.5 Å². The van der Waals surface area contributed by atoms with Gasteiger partial charge in [-0.15, -0.1) is 0 Å². The maximum absolute atomic E-state index is 12.9. The first-order valence-electron chi connectivity index (χ1n) is 9.41. The molecule has 0 bridgehead atoms. The molecule has 10 heteroatoms. The molecule has 4 amide bonds. The van der Waals surface area contributed by atoms with E-state index in [1.807, 2.05) is 0 Å². The molecule has 0 radical (unpaired) electrons. The lowest BCUT2D eigenvalue weighted by Gasteiger charge is -2.26. The zero-order valence-corrected chi connectivity index (χ0v) is 16.7. The molecule has 2 aromatic rings. The number of ether oxygens (including phenoxy) is 1. The number of halogens is 3. The van der Waals surface area contributed by atoms with Crippen LogP contribution in [0.2, 0.25) is 0 Å². The fourth-order valence-corrected chi connectivity index (χ4v) is 3.53. The molecule has 1 atom stereocenters. The van der Waals surface area contributed by atoms with Crippen LogP contribution in [0.3, 0.4) is 0 Å². The van der Waals surface area contributed by atoms with E-state index >= 15 is 0 Å². The number of fused-ring (bicyclic) bond motifs is 1. The van der Waals surface area contributed by atoms with Crippen LogP contribution in [0.1, 0.15) is 27.0 Å². The van der Waals surface area contributed by atoms with E-state index in [0.717, 1.165) is 17.7 Å². The van der Waals surface area contributed by atoms with E-state index in [0.29, 0.717) is 11.3 Å². The van der Waals surface area contributed by atoms with Gasteiger partial charge in [-0.25, -0.2) is 4.79 Å². The summed E-state index contributed by atoms with van der Waals surface area (Å²) in [5, 5.41) is 4.55. The van der Waals surface area contributed by atoms with E-state index in [1.165, 1.54) is 24.1 Å². The molecule has 1 fully saturated rings. The highest BCUT2D eigenvalue weighted by Gasteiger charge is 2.48. The summed E-state index contributed by atoms with van der Waals surface area (Å²) in [4.78, 5) is 38.6. The number of hydrogen-bond acceptors (Lipinski definition) is 4. The van der Waals surface area contributed by atoms with Gasteiger partial charge in [-0.1, -0.05) is 17.9 Å². The van der Waals surface area contributed by atoms with Crippen molar-refractivity contribution in [3.8, 4) is 17.6 Å². The van der Waals surface area contributed by atoms with Crippen molar-refractivity contribution in [1.82, 2.24) is 15.5 Å². The van der Waals surface area contributed by atoms with Crippen LogP contribution in [0.25, 0.3) is 0 Å². The summed E-state index contributed by atoms with van der Waals surface area (Å²) in [6, 6.07) is 8.34. The summed E-state index contributed by atoms with van der Waals surface area (Å²) in [5.74, 6) is 4.68. The van der Waals surface area contributed by atoms with E-state index < -0.39 is 29.2 Å². The number of imide groups is 1. The summed E-state index contributed by atoms with van der Waals surface area (Å²) in [7, 11) is 1.48. The van der Waals surface area contributed by atoms with Crippen molar-refractivity contribution in [2.45, 2.75) is 18.3 Å². The highest BCUT2D eigenvalue weighted by atomic mass is 19.4. The number of alkyl halides is 3. The zero-order chi connectivity index (χ0) is 23.1. The number of urea groups is 1.